The van der Waals surface area contributed by atoms with Crippen LogP contribution < -0.4 is 5.32 Å². The molecule has 3 heteroatoms. The third kappa shape index (κ3) is 5.50. The zero-order valence-electron chi connectivity index (χ0n) is 10.1. The molecule has 1 rings (SSSR count). The smallest absolute Gasteiger partial charge is 0.0668 e. The Labute approximate surface area is 93.2 Å². The molecule has 1 atom stereocenters. The van der Waals surface area contributed by atoms with Gasteiger partial charge in [0.2, 0.25) is 0 Å². The second kappa shape index (κ2) is 6.46. The number of unbranched alkanes of at least 4 members (excludes halogenated alkanes) is 2. The third-order valence-electron chi connectivity index (χ3n) is 2.79. The van der Waals surface area contributed by atoms with Gasteiger partial charge in [-0.1, -0.05) is 19.8 Å². The monoisotopic (exact) mass is 215 g/mol. The highest BCUT2D eigenvalue weighted by Crippen LogP contribution is 2.22. The van der Waals surface area contributed by atoms with Gasteiger partial charge in [0.15, 0.2) is 0 Å². The van der Waals surface area contributed by atoms with Crippen molar-refractivity contribution in [3.8, 4) is 0 Å². The first-order valence-electron chi connectivity index (χ1n) is 6.16. The number of nitrogens with one attached hydrogen (secondary N) is 1. The number of ether oxygens (including phenoxy) is 1. The highest BCUT2D eigenvalue weighted by Gasteiger charge is 2.32. The molecule has 1 aliphatic carbocycles. The number of aliphatic hydroxyl groups is 1. The quantitative estimate of drug-likeness (QED) is 0.575. The lowest BCUT2D eigenvalue weighted by Gasteiger charge is -2.28. The van der Waals surface area contributed by atoms with E-state index in [-0.39, 0.29) is 12.1 Å². The Hall–Kier alpha value is -0.120. The van der Waals surface area contributed by atoms with Gasteiger partial charge in [-0.15, -0.1) is 0 Å². The molecular formula is C12H25NO2. The summed E-state index contributed by atoms with van der Waals surface area (Å²) in [5, 5.41) is 12.8. The summed E-state index contributed by atoms with van der Waals surface area (Å²) >= 11 is 0. The molecule has 0 bridgehead atoms. The second-order valence-corrected chi connectivity index (χ2v) is 4.90. The maximum atomic E-state index is 9.32. The summed E-state index contributed by atoms with van der Waals surface area (Å²) in [4.78, 5) is 0. The third-order valence-corrected chi connectivity index (χ3v) is 2.79. The molecule has 0 aromatic rings. The van der Waals surface area contributed by atoms with Crippen molar-refractivity contribution in [1.29, 1.82) is 0 Å². The van der Waals surface area contributed by atoms with Crippen molar-refractivity contribution in [1.82, 2.24) is 5.32 Å². The summed E-state index contributed by atoms with van der Waals surface area (Å²) in [7, 11) is 0. The molecule has 15 heavy (non-hydrogen) atoms. The molecule has 0 spiro atoms. The minimum atomic E-state index is -0.243. The first kappa shape index (κ1) is 12.9. The maximum Gasteiger partial charge on any atom is 0.0668 e. The number of hydrogen-bond donors (Lipinski definition) is 2. The van der Waals surface area contributed by atoms with Gasteiger partial charge >= 0.3 is 0 Å². The number of rotatable bonds is 9. The summed E-state index contributed by atoms with van der Waals surface area (Å²) in [5.74, 6) is 0. The van der Waals surface area contributed by atoms with Gasteiger partial charge in [0, 0.05) is 12.6 Å². The van der Waals surface area contributed by atoms with E-state index >= 15 is 0 Å². The fourth-order valence-corrected chi connectivity index (χ4v) is 1.60. The lowest BCUT2D eigenvalue weighted by Crippen LogP contribution is -2.50. The molecule has 1 saturated carbocycles. The van der Waals surface area contributed by atoms with Gasteiger partial charge in [-0.25, -0.2) is 0 Å². The molecule has 0 aromatic heterocycles. The van der Waals surface area contributed by atoms with Crippen molar-refractivity contribution in [3.05, 3.63) is 0 Å². The van der Waals surface area contributed by atoms with Crippen LogP contribution in [0.2, 0.25) is 0 Å². The minimum absolute atomic E-state index is 0.150. The standard InChI is InChI=1S/C12H25NO2/c1-3-4-5-8-15-10-12(2,9-14)13-11-6-7-11/h11,13-14H,3-10H2,1-2H3. The van der Waals surface area contributed by atoms with Crippen LogP contribution in [-0.4, -0.2) is 36.5 Å². The molecule has 0 amide bonds. The molecular weight excluding hydrogens is 190 g/mol. The normalized spacial score (nSPS) is 20.2. The van der Waals surface area contributed by atoms with Gasteiger partial charge in [-0.2, -0.15) is 0 Å². The Morgan fingerprint density at radius 1 is 1.40 bits per heavy atom. The van der Waals surface area contributed by atoms with E-state index in [2.05, 4.69) is 12.2 Å². The van der Waals surface area contributed by atoms with Crippen LogP contribution in [0.4, 0.5) is 0 Å². The fourth-order valence-electron chi connectivity index (χ4n) is 1.60. The molecule has 0 aromatic carbocycles. The highest BCUT2D eigenvalue weighted by molar-refractivity contribution is 4.92. The lowest BCUT2D eigenvalue weighted by atomic mass is 10.1. The predicted molar refractivity (Wildman–Crippen MR) is 62.0 cm³/mol. The molecule has 90 valence electrons. The van der Waals surface area contributed by atoms with Gasteiger partial charge in [0.25, 0.3) is 0 Å². The van der Waals surface area contributed by atoms with Crippen molar-refractivity contribution < 1.29 is 9.84 Å². The van der Waals surface area contributed by atoms with Crippen LogP contribution in [0.25, 0.3) is 0 Å². The van der Waals surface area contributed by atoms with Crippen LogP contribution in [0, 0.1) is 0 Å². The Morgan fingerprint density at radius 2 is 2.13 bits per heavy atom. The van der Waals surface area contributed by atoms with E-state index in [4.69, 9.17) is 4.74 Å². The van der Waals surface area contributed by atoms with E-state index in [0.29, 0.717) is 12.6 Å². The van der Waals surface area contributed by atoms with Crippen LogP contribution in [0.15, 0.2) is 0 Å². The van der Waals surface area contributed by atoms with Crippen LogP contribution >= 0.6 is 0 Å². The average Bonchev–Trinajstić information content (AvgIpc) is 3.01. The number of hydrogen-bond acceptors (Lipinski definition) is 3. The lowest BCUT2D eigenvalue weighted by molar-refractivity contribution is 0.0418. The van der Waals surface area contributed by atoms with Gasteiger partial charge in [0.05, 0.1) is 18.8 Å². The summed E-state index contributed by atoms with van der Waals surface area (Å²) < 4.78 is 5.60. The second-order valence-electron chi connectivity index (χ2n) is 4.90. The summed E-state index contributed by atoms with van der Waals surface area (Å²) in [5.41, 5.74) is -0.243. The molecule has 0 saturated heterocycles. The van der Waals surface area contributed by atoms with Gasteiger partial charge in [0.1, 0.15) is 0 Å². The predicted octanol–water partition coefficient (Wildman–Crippen LogP) is 1.70. The summed E-state index contributed by atoms with van der Waals surface area (Å²) in [6.07, 6.45) is 6.06. The number of aliphatic hydroxyl groups excluding tert-OH is 1. The topological polar surface area (TPSA) is 41.5 Å². The van der Waals surface area contributed by atoms with Crippen molar-refractivity contribution in [2.24, 2.45) is 0 Å². The summed E-state index contributed by atoms with van der Waals surface area (Å²) in [6, 6.07) is 0.612. The van der Waals surface area contributed by atoms with E-state index in [9.17, 15) is 5.11 Å². The van der Waals surface area contributed by atoms with Crippen molar-refractivity contribution >= 4 is 0 Å². The van der Waals surface area contributed by atoms with E-state index in [0.717, 1.165) is 13.0 Å². The van der Waals surface area contributed by atoms with Crippen LogP contribution in [0.3, 0.4) is 0 Å². The average molecular weight is 215 g/mol. The Bertz CT molecular complexity index is 171. The minimum Gasteiger partial charge on any atom is -0.394 e. The highest BCUT2D eigenvalue weighted by atomic mass is 16.5. The van der Waals surface area contributed by atoms with Gasteiger partial charge in [-0.05, 0) is 26.2 Å². The van der Waals surface area contributed by atoms with Gasteiger partial charge < -0.3 is 15.2 Å². The molecule has 0 aliphatic heterocycles. The van der Waals surface area contributed by atoms with Crippen molar-refractivity contribution in [3.63, 3.8) is 0 Å². The van der Waals surface area contributed by atoms with Crippen LogP contribution in [0.1, 0.15) is 46.0 Å². The van der Waals surface area contributed by atoms with Crippen LogP contribution in [0.5, 0.6) is 0 Å². The zero-order chi connectivity index (χ0) is 11.1. The van der Waals surface area contributed by atoms with E-state index in [1.165, 1.54) is 25.7 Å². The molecule has 1 unspecified atom stereocenters. The summed E-state index contributed by atoms with van der Waals surface area (Å²) in [6.45, 7) is 5.80. The fraction of sp³-hybridized carbons (Fsp3) is 1.00. The van der Waals surface area contributed by atoms with Gasteiger partial charge in [-0.3, -0.25) is 0 Å². The van der Waals surface area contributed by atoms with E-state index in [1.54, 1.807) is 0 Å². The van der Waals surface area contributed by atoms with Crippen molar-refractivity contribution in [2.75, 3.05) is 19.8 Å². The Morgan fingerprint density at radius 3 is 2.67 bits per heavy atom. The molecule has 0 heterocycles. The van der Waals surface area contributed by atoms with Crippen molar-refractivity contribution in [2.45, 2.75) is 57.5 Å². The first-order chi connectivity index (χ1) is 7.20. The molecule has 1 fully saturated rings. The van der Waals surface area contributed by atoms with E-state index in [1.807, 2.05) is 6.92 Å². The molecule has 1 aliphatic rings. The maximum absolute atomic E-state index is 9.32. The Balaban J connectivity index is 2.08. The zero-order valence-corrected chi connectivity index (χ0v) is 10.1. The first-order valence-corrected chi connectivity index (χ1v) is 6.16. The molecule has 2 N–H and O–H groups in total. The van der Waals surface area contributed by atoms with Crippen LogP contribution in [-0.2, 0) is 4.74 Å². The molecule has 0 radical (unpaired) electrons. The van der Waals surface area contributed by atoms with E-state index < -0.39 is 0 Å². The Kier molecular flexibility index (Phi) is 5.58. The largest absolute Gasteiger partial charge is 0.394 e. The molecule has 3 nitrogen and oxygen atoms in total. The SMILES string of the molecule is CCCCCOCC(C)(CO)NC1CC1.